The summed E-state index contributed by atoms with van der Waals surface area (Å²) in [7, 11) is -3.77. The van der Waals surface area contributed by atoms with Gasteiger partial charge in [0, 0.05) is 12.1 Å². The fourth-order valence-corrected chi connectivity index (χ4v) is 3.72. The number of aromatic hydroxyl groups is 2. The molecule has 0 saturated heterocycles. The highest BCUT2D eigenvalue weighted by molar-refractivity contribution is 7.89. The van der Waals surface area contributed by atoms with Crippen molar-refractivity contribution in [1.82, 2.24) is 9.88 Å². The Bertz CT molecular complexity index is 1040. The monoisotopic (exact) mass is 374 g/mol. The normalized spacial score (nSPS) is 11.6. The molecule has 2 aromatic carbocycles. The molecule has 0 saturated carbocycles. The third kappa shape index (κ3) is 3.56. The van der Waals surface area contributed by atoms with Crippen LogP contribution in [-0.4, -0.2) is 23.8 Å². The lowest BCUT2D eigenvalue weighted by Gasteiger charge is -2.09. The number of aromatic nitrogens is 1. The van der Waals surface area contributed by atoms with E-state index >= 15 is 0 Å². The zero-order valence-corrected chi connectivity index (χ0v) is 15.0. The van der Waals surface area contributed by atoms with Gasteiger partial charge in [-0.1, -0.05) is 23.4 Å². The molecule has 3 N–H and O–H groups in total. The summed E-state index contributed by atoms with van der Waals surface area (Å²) in [5, 5.41) is 22.7. The number of aryl methyl sites for hydroxylation is 2. The van der Waals surface area contributed by atoms with Crippen molar-refractivity contribution in [2.75, 3.05) is 0 Å². The van der Waals surface area contributed by atoms with Crippen molar-refractivity contribution in [3.05, 3.63) is 59.5 Å². The molecule has 3 rings (SSSR count). The van der Waals surface area contributed by atoms with Gasteiger partial charge in [0.25, 0.3) is 0 Å². The molecule has 8 heteroatoms. The van der Waals surface area contributed by atoms with Crippen LogP contribution in [0.5, 0.6) is 11.5 Å². The maximum atomic E-state index is 12.6. The van der Waals surface area contributed by atoms with Crippen LogP contribution >= 0.6 is 0 Å². The number of benzene rings is 2. The Morgan fingerprint density at radius 1 is 1.08 bits per heavy atom. The Morgan fingerprint density at radius 3 is 2.50 bits per heavy atom. The first-order valence-electron chi connectivity index (χ1n) is 7.82. The SMILES string of the molecule is Cc1noc(C)c1-c1cccc(S(=O)(=O)NCc2ccc(O)c(O)c2)c1. The van der Waals surface area contributed by atoms with Crippen molar-refractivity contribution >= 4 is 10.0 Å². The molecule has 0 spiro atoms. The third-order valence-corrected chi connectivity index (χ3v) is 5.37. The molecule has 0 aliphatic rings. The van der Waals surface area contributed by atoms with E-state index in [-0.39, 0.29) is 22.9 Å². The molecular formula is C18H18N2O5S. The smallest absolute Gasteiger partial charge is 0.240 e. The van der Waals surface area contributed by atoms with E-state index in [0.717, 1.165) is 5.56 Å². The van der Waals surface area contributed by atoms with Gasteiger partial charge in [0.15, 0.2) is 11.5 Å². The summed E-state index contributed by atoms with van der Waals surface area (Å²) in [5.41, 5.74) is 2.67. The van der Waals surface area contributed by atoms with Gasteiger partial charge in [-0.3, -0.25) is 0 Å². The van der Waals surface area contributed by atoms with Crippen molar-refractivity contribution in [3.8, 4) is 22.6 Å². The highest BCUT2D eigenvalue weighted by atomic mass is 32.2. The van der Waals surface area contributed by atoms with E-state index < -0.39 is 10.0 Å². The molecule has 0 amide bonds. The van der Waals surface area contributed by atoms with Gasteiger partial charge < -0.3 is 14.7 Å². The summed E-state index contributed by atoms with van der Waals surface area (Å²) >= 11 is 0. The maximum Gasteiger partial charge on any atom is 0.240 e. The number of sulfonamides is 1. The molecule has 0 unspecified atom stereocenters. The lowest BCUT2D eigenvalue weighted by atomic mass is 10.0. The minimum absolute atomic E-state index is 0.0221. The van der Waals surface area contributed by atoms with Crippen molar-refractivity contribution < 1.29 is 23.2 Å². The van der Waals surface area contributed by atoms with E-state index in [4.69, 9.17) is 4.52 Å². The lowest BCUT2D eigenvalue weighted by molar-refractivity contribution is 0.393. The molecule has 0 radical (unpaired) electrons. The molecule has 3 aromatic rings. The first kappa shape index (κ1) is 18.0. The molecule has 136 valence electrons. The highest BCUT2D eigenvalue weighted by Crippen LogP contribution is 2.29. The molecule has 0 aliphatic heterocycles. The second kappa shape index (κ2) is 6.81. The fraction of sp³-hybridized carbons (Fsp3) is 0.167. The first-order chi connectivity index (χ1) is 12.3. The number of hydrogen-bond donors (Lipinski definition) is 3. The van der Waals surface area contributed by atoms with Crippen LogP contribution in [0.15, 0.2) is 51.9 Å². The van der Waals surface area contributed by atoms with Gasteiger partial charge in [-0.15, -0.1) is 0 Å². The maximum absolute atomic E-state index is 12.6. The van der Waals surface area contributed by atoms with Crippen LogP contribution in [0.4, 0.5) is 0 Å². The Kier molecular flexibility index (Phi) is 4.71. The third-order valence-electron chi connectivity index (χ3n) is 3.97. The first-order valence-corrected chi connectivity index (χ1v) is 9.30. The van der Waals surface area contributed by atoms with Gasteiger partial charge in [0.05, 0.1) is 10.6 Å². The summed E-state index contributed by atoms with van der Waals surface area (Å²) < 4.78 is 32.8. The number of rotatable bonds is 5. The van der Waals surface area contributed by atoms with E-state index in [0.29, 0.717) is 22.6 Å². The van der Waals surface area contributed by atoms with E-state index in [2.05, 4.69) is 9.88 Å². The zero-order valence-electron chi connectivity index (χ0n) is 14.2. The number of nitrogens with one attached hydrogen (secondary N) is 1. The van der Waals surface area contributed by atoms with Gasteiger partial charge in [-0.25, -0.2) is 13.1 Å². The second-order valence-electron chi connectivity index (χ2n) is 5.87. The summed E-state index contributed by atoms with van der Waals surface area (Å²) in [4.78, 5) is 0.109. The van der Waals surface area contributed by atoms with Crippen molar-refractivity contribution in [1.29, 1.82) is 0 Å². The molecule has 0 fully saturated rings. The summed E-state index contributed by atoms with van der Waals surface area (Å²) in [5.74, 6) is 0.0513. The van der Waals surface area contributed by atoms with Gasteiger partial charge in [-0.05, 0) is 49.2 Å². The van der Waals surface area contributed by atoms with Crippen LogP contribution in [0, 0.1) is 13.8 Å². The average molecular weight is 374 g/mol. The standard InChI is InChI=1S/C18H18N2O5S/c1-11-18(12(2)25-20-11)14-4-3-5-15(9-14)26(23,24)19-10-13-6-7-16(21)17(22)8-13/h3-9,19,21-22H,10H2,1-2H3. The topological polar surface area (TPSA) is 113 Å². The zero-order chi connectivity index (χ0) is 18.9. The Labute approximate surface area is 151 Å². The van der Waals surface area contributed by atoms with Crippen LogP contribution in [0.3, 0.4) is 0 Å². The molecule has 1 aromatic heterocycles. The quantitative estimate of drug-likeness (QED) is 0.592. The van der Waals surface area contributed by atoms with E-state index in [1.165, 1.54) is 24.3 Å². The highest BCUT2D eigenvalue weighted by Gasteiger charge is 2.17. The average Bonchev–Trinajstić information content (AvgIpc) is 2.95. The molecule has 7 nitrogen and oxygen atoms in total. The molecule has 0 bridgehead atoms. The fourth-order valence-electron chi connectivity index (χ4n) is 2.65. The van der Waals surface area contributed by atoms with Crippen LogP contribution in [0.2, 0.25) is 0 Å². The predicted molar refractivity (Wildman–Crippen MR) is 95.2 cm³/mol. The minimum atomic E-state index is -3.77. The van der Waals surface area contributed by atoms with Crippen molar-refractivity contribution in [2.45, 2.75) is 25.3 Å². The van der Waals surface area contributed by atoms with Crippen LogP contribution in [-0.2, 0) is 16.6 Å². The molecular weight excluding hydrogens is 356 g/mol. The van der Waals surface area contributed by atoms with E-state index in [1.54, 1.807) is 32.0 Å². The van der Waals surface area contributed by atoms with Gasteiger partial charge >= 0.3 is 0 Å². The Hall–Kier alpha value is -2.84. The summed E-state index contributed by atoms with van der Waals surface area (Å²) in [6, 6.07) is 10.6. The van der Waals surface area contributed by atoms with Gasteiger partial charge in [-0.2, -0.15) is 0 Å². The predicted octanol–water partition coefficient (Wildman–Crippen LogP) is 2.85. The van der Waals surface area contributed by atoms with Gasteiger partial charge in [0.2, 0.25) is 10.0 Å². The number of phenolic OH excluding ortho intramolecular Hbond substituents is 2. The molecule has 0 atom stereocenters. The Morgan fingerprint density at radius 2 is 1.85 bits per heavy atom. The van der Waals surface area contributed by atoms with Gasteiger partial charge in [0.1, 0.15) is 5.76 Å². The number of phenols is 2. The molecule has 1 heterocycles. The van der Waals surface area contributed by atoms with Crippen LogP contribution < -0.4 is 4.72 Å². The largest absolute Gasteiger partial charge is 0.504 e. The van der Waals surface area contributed by atoms with E-state index in [9.17, 15) is 18.6 Å². The van der Waals surface area contributed by atoms with E-state index in [1.807, 2.05) is 0 Å². The lowest BCUT2D eigenvalue weighted by Crippen LogP contribution is -2.23. The Balaban J connectivity index is 1.85. The van der Waals surface area contributed by atoms with Crippen LogP contribution in [0.1, 0.15) is 17.0 Å². The van der Waals surface area contributed by atoms with Crippen LogP contribution in [0.25, 0.3) is 11.1 Å². The number of hydrogen-bond acceptors (Lipinski definition) is 6. The van der Waals surface area contributed by atoms with Crippen molar-refractivity contribution in [3.63, 3.8) is 0 Å². The summed E-state index contributed by atoms with van der Waals surface area (Å²) in [6.45, 7) is 3.54. The molecule has 0 aliphatic carbocycles. The second-order valence-corrected chi connectivity index (χ2v) is 7.64. The summed E-state index contributed by atoms with van der Waals surface area (Å²) in [6.07, 6.45) is 0. The van der Waals surface area contributed by atoms with Crippen molar-refractivity contribution in [2.24, 2.45) is 0 Å². The molecule has 26 heavy (non-hydrogen) atoms. The minimum Gasteiger partial charge on any atom is -0.504 e. The number of nitrogens with zero attached hydrogens (tertiary/aromatic N) is 1.